The maximum Gasteiger partial charge on any atom is 0.227 e. The molecule has 2 aliphatic heterocycles. The van der Waals surface area contributed by atoms with Crippen molar-refractivity contribution in [1.82, 2.24) is 19.1 Å². The fourth-order valence-corrected chi connectivity index (χ4v) is 4.21. The Kier molecular flexibility index (Phi) is 4.03. The van der Waals surface area contributed by atoms with Crippen molar-refractivity contribution in [2.24, 2.45) is 5.92 Å². The minimum atomic E-state index is 0.00758. The number of carbonyl (C=O) groups excluding carboxylic acids is 1. The van der Waals surface area contributed by atoms with Crippen molar-refractivity contribution in [3.8, 4) is 11.4 Å². The standard InChI is InChI=1S/C21H23N5O/c27-21(16-8-10-25-14-22-12-19(25)11-16)24-17-6-4-15(5-7-17)20-23-13-18-3-1-2-9-26(18)20/h4-7,12-14,16H,1-3,8-11H2,(H,24,27). The number of benzene rings is 1. The predicted octanol–water partition coefficient (Wildman–Crippen LogP) is 3.28. The van der Waals surface area contributed by atoms with Gasteiger partial charge in [-0.2, -0.15) is 0 Å². The third kappa shape index (κ3) is 3.05. The Morgan fingerprint density at radius 2 is 1.96 bits per heavy atom. The van der Waals surface area contributed by atoms with Crippen LogP contribution in [0.15, 0.2) is 43.0 Å². The van der Waals surface area contributed by atoms with Crippen LogP contribution in [-0.4, -0.2) is 25.0 Å². The van der Waals surface area contributed by atoms with Crippen molar-refractivity contribution < 1.29 is 4.79 Å². The van der Waals surface area contributed by atoms with Gasteiger partial charge in [-0.25, -0.2) is 9.97 Å². The molecular weight excluding hydrogens is 338 g/mol. The third-order valence-corrected chi connectivity index (χ3v) is 5.76. The van der Waals surface area contributed by atoms with E-state index in [1.54, 1.807) is 0 Å². The van der Waals surface area contributed by atoms with Gasteiger partial charge in [-0.1, -0.05) is 0 Å². The molecule has 0 saturated heterocycles. The van der Waals surface area contributed by atoms with Crippen LogP contribution in [0.2, 0.25) is 0 Å². The van der Waals surface area contributed by atoms with Crippen LogP contribution < -0.4 is 5.32 Å². The SMILES string of the molecule is O=C(Nc1ccc(-c2ncc3n2CCCC3)cc1)C1CCn2cncc2C1. The van der Waals surface area contributed by atoms with E-state index in [1.807, 2.05) is 30.9 Å². The highest BCUT2D eigenvalue weighted by molar-refractivity contribution is 5.93. The van der Waals surface area contributed by atoms with E-state index in [-0.39, 0.29) is 11.8 Å². The number of hydrogen-bond donors (Lipinski definition) is 1. The zero-order chi connectivity index (χ0) is 18.2. The minimum absolute atomic E-state index is 0.00758. The van der Waals surface area contributed by atoms with E-state index in [0.29, 0.717) is 0 Å². The Morgan fingerprint density at radius 1 is 1.07 bits per heavy atom. The number of aromatic nitrogens is 4. The van der Waals surface area contributed by atoms with E-state index in [4.69, 9.17) is 0 Å². The monoisotopic (exact) mass is 361 g/mol. The van der Waals surface area contributed by atoms with Gasteiger partial charge < -0.3 is 14.5 Å². The van der Waals surface area contributed by atoms with E-state index in [9.17, 15) is 4.79 Å². The molecule has 1 unspecified atom stereocenters. The van der Waals surface area contributed by atoms with Gasteiger partial charge in [-0.15, -0.1) is 0 Å². The molecule has 2 aliphatic rings. The summed E-state index contributed by atoms with van der Waals surface area (Å²) in [4.78, 5) is 21.4. The first-order chi connectivity index (χ1) is 13.3. The normalized spacial score (nSPS) is 18.6. The van der Waals surface area contributed by atoms with Crippen LogP contribution in [0.4, 0.5) is 5.69 Å². The maximum absolute atomic E-state index is 12.6. The summed E-state index contributed by atoms with van der Waals surface area (Å²) < 4.78 is 4.45. The lowest BCUT2D eigenvalue weighted by Crippen LogP contribution is -2.29. The molecule has 0 spiro atoms. The van der Waals surface area contributed by atoms with Gasteiger partial charge in [0.25, 0.3) is 0 Å². The second-order valence-corrected chi connectivity index (χ2v) is 7.52. The number of rotatable bonds is 3. The number of aryl methyl sites for hydroxylation is 2. The molecule has 1 N–H and O–H groups in total. The highest BCUT2D eigenvalue weighted by Crippen LogP contribution is 2.26. The van der Waals surface area contributed by atoms with Crippen molar-refractivity contribution in [2.75, 3.05) is 5.32 Å². The number of amides is 1. The highest BCUT2D eigenvalue weighted by Gasteiger charge is 2.25. The molecule has 4 heterocycles. The van der Waals surface area contributed by atoms with Crippen molar-refractivity contribution in [3.05, 3.63) is 54.4 Å². The lowest BCUT2D eigenvalue weighted by molar-refractivity contribution is -0.120. The second-order valence-electron chi connectivity index (χ2n) is 7.52. The van der Waals surface area contributed by atoms with Gasteiger partial charge >= 0.3 is 0 Å². The van der Waals surface area contributed by atoms with Gasteiger partial charge in [0.1, 0.15) is 5.82 Å². The van der Waals surface area contributed by atoms with Crippen LogP contribution in [0.5, 0.6) is 0 Å². The summed E-state index contributed by atoms with van der Waals surface area (Å²) in [5.41, 5.74) is 4.40. The van der Waals surface area contributed by atoms with Crippen LogP contribution in [0.3, 0.4) is 0 Å². The van der Waals surface area contributed by atoms with Crippen LogP contribution >= 0.6 is 0 Å². The molecule has 1 atom stereocenters. The Bertz CT molecular complexity index is 969. The van der Waals surface area contributed by atoms with E-state index in [0.717, 1.165) is 55.1 Å². The number of anilines is 1. The van der Waals surface area contributed by atoms with Crippen LogP contribution in [-0.2, 0) is 30.7 Å². The zero-order valence-electron chi connectivity index (χ0n) is 15.3. The van der Waals surface area contributed by atoms with Crippen molar-refractivity contribution >= 4 is 11.6 Å². The molecule has 0 bridgehead atoms. The van der Waals surface area contributed by atoms with E-state index < -0.39 is 0 Å². The van der Waals surface area contributed by atoms with Gasteiger partial charge in [0.15, 0.2) is 0 Å². The fraction of sp³-hybridized carbons (Fsp3) is 0.381. The summed E-state index contributed by atoms with van der Waals surface area (Å²) >= 11 is 0. The summed E-state index contributed by atoms with van der Waals surface area (Å²) in [6.45, 7) is 1.90. The van der Waals surface area contributed by atoms with E-state index in [2.05, 4.69) is 36.6 Å². The molecule has 6 heteroatoms. The van der Waals surface area contributed by atoms with Crippen molar-refractivity contribution in [2.45, 2.75) is 45.2 Å². The van der Waals surface area contributed by atoms with Crippen LogP contribution in [0, 0.1) is 5.92 Å². The Balaban J connectivity index is 1.28. The number of nitrogens with zero attached hydrogens (tertiary/aromatic N) is 4. The smallest absolute Gasteiger partial charge is 0.227 e. The fourth-order valence-electron chi connectivity index (χ4n) is 4.21. The van der Waals surface area contributed by atoms with Gasteiger partial charge in [0, 0.05) is 60.5 Å². The van der Waals surface area contributed by atoms with Crippen LogP contribution in [0.25, 0.3) is 11.4 Å². The summed E-state index contributed by atoms with van der Waals surface area (Å²) in [5.74, 6) is 1.13. The number of imidazole rings is 2. The summed E-state index contributed by atoms with van der Waals surface area (Å²) in [6.07, 6.45) is 10.9. The topological polar surface area (TPSA) is 64.7 Å². The molecule has 27 heavy (non-hydrogen) atoms. The molecule has 138 valence electrons. The summed E-state index contributed by atoms with van der Waals surface area (Å²) in [5, 5.41) is 3.07. The molecule has 5 rings (SSSR count). The highest BCUT2D eigenvalue weighted by atomic mass is 16.1. The molecular formula is C21H23N5O. The molecule has 0 saturated carbocycles. The average Bonchev–Trinajstić information content (AvgIpc) is 3.35. The number of fused-ring (bicyclic) bond motifs is 2. The maximum atomic E-state index is 12.6. The lowest BCUT2D eigenvalue weighted by atomic mass is 9.95. The van der Waals surface area contributed by atoms with Crippen molar-refractivity contribution in [1.29, 1.82) is 0 Å². The van der Waals surface area contributed by atoms with Gasteiger partial charge in [0.2, 0.25) is 5.91 Å². The second kappa shape index (κ2) is 6.68. The molecule has 1 amide bonds. The third-order valence-electron chi connectivity index (χ3n) is 5.76. The molecule has 2 aromatic heterocycles. The summed E-state index contributed by atoms with van der Waals surface area (Å²) in [7, 11) is 0. The first-order valence-corrected chi connectivity index (χ1v) is 9.72. The number of nitrogens with one attached hydrogen (secondary N) is 1. The molecule has 1 aromatic carbocycles. The van der Waals surface area contributed by atoms with Gasteiger partial charge in [-0.3, -0.25) is 4.79 Å². The quantitative estimate of drug-likeness (QED) is 0.779. The zero-order valence-corrected chi connectivity index (χ0v) is 15.3. The predicted molar refractivity (Wildman–Crippen MR) is 103 cm³/mol. The Labute approximate surface area is 158 Å². The molecule has 0 radical (unpaired) electrons. The lowest BCUT2D eigenvalue weighted by Gasteiger charge is -2.23. The number of carbonyl (C=O) groups is 1. The van der Waals surface area contributed by atoms with E-state index in [1.165, 1.54) is 18.5 Å². The number of hydrogen-bond acceptors (Lipinski definition) is 3. The first kappa shape index (κ1) is 16.3. The Hall–Kier alpha value is -2.89. The minimum Gasteiger partial charge on any atom is -0.335 e. The van der Waals surface area contributed by atoms with Crippen molar-refractivity contribution in [3.63, 3.8) is 0 Å². The summed E-state index contributed by atoms with van der Waals surface area (Å²) in [6, 6.07) is 8.06. The van der Waals surface area contributed by atoms with Crippen LogP contribution in [0.1, 0.15) is 30.7 Å². The molecule has 6 nitrogen and oxygen atoms in total. The van der Waals surface area contributed by atoms with Gasteiger partial charge in [0.05, 0.1) is 6.33 Å². The van der Waals surface area contributed by atoms with Gasteiger partial charge in [-0.05, 0) is 49.9 Å². The molecule has 0 fully saturated rings. The van der Waals surface area contributed by atoms with E-state index >= 15 is 0 Å². The first-order valence-electron chi connectivity index (χ1n) is 9.72. The Morgan fingerprint density at radius 3 is 2.85 bits per heavy atom. The largest absolute Gasteiger partial charge is 0.335 e. The molecule has 3 aromatic rings. The molecule has 0 aliphatic carbocycles. The average molecular weight is 361 g/mol.